The molecule has 0 radical (unpaired) electrons. The molecule has 2 aromatic carbocycles. The van der Waals surface area contributed by atoms with E-state index in [-0.39, 0.29) is 24.3 Å². The average Bonchev–Trinajstić information content (AvgIpc) is 3.00. The number of hydrogen-bond donors (Lipinski definition) is 2. The van der Waals surface area contributed by atoms with Crippen LogP contribution in [0.2, 0.25) is 0 Å². The molecule has 4 rings (SSSR count). The Morgan fingerprint density at radius 3 is 2.63 bits per heavy atom. The second kappa shape index (κ2) is 8.30. The molecule has 156 valence electrons. The fourth-order valence-corrected chi connectivity index (χ4v) is 4.61. The average molecular weight is 405 g/mol. The monoisotopic (exact) mass is 405 g/mol. The predicted octanol–water partition coefficient (Wildman–Crippen LogP) is 3.08. The van der Waals surface area contributed by atoms with Gasteiger partial charge in [-0.05, 0) is 42.4 Å². The maximum Gasteiger partial charge on any atom is 0.325 e. The van der Waals surface area contributed by atoms with Gasteiger partial charge in [-0.1, -0.05) is 61.5 Å². The van der Waals surface area contributed by atoms with Crippen LogP contribution in [-0.2, 0) is 21.5 Å². The van der Waals surface area contributed by atoms with Crippen molar-refractivity contribution in [1.29, 1.82) is 0 Å². The number of rotatable bonds is 6. The van der Waals surface area contributed by atoms with Crippen LogP contribution in [-0.4, -0.2) is 35.8 Å². The van der Waals surface area contributed by atoms with E-state index in [4.69, 9.17) is 0 Å². The molecule has 1 aliphatic carbocycles. The quantitative estimate of drug-likeness (QED) is 0.725. The summed E-state index contributed by atoms with van der Waals surface area (Å²) < 4.78 is 0. The Morgan fingerprint density at radius 1 is 1.13 bits per heavy atom. The maximum absolute atomic E-state index is 13.3. The highest BCUT2D eigenvalue weighted by Gasteiger charge is 2.54. The minimum atomic E-state index is -1.04. The first-order valence-electron chi connectivity index (χ1n) is 10.6. The number of nitrogens with zero attached hydrogens (tertiary/aromatic N) is 1. The molecule has 2 aromatic rings. The summed E-state index contributed by atoms with van der Waals surface area (Å²) in [5.74, 6) is -0.464. The van der Waals surface area contributed by atoms with Gasteiger partial charge in [-0.15, -0.1) is 0 Å². The maximum atomic E-state index is 13.3. The van der Waals surface area contributed by atoms with E-state index in [1.165, 1.54) is 0 Å². The number of benzene rings is 2. The number of aryl methyl sites for hydroxylation is 1. The van der Waals surface area contributed by atoms with E-state index in [1.807, 2.05) is 54.6 Å². The van der Waals surface area contributed by atoms with Crippen molar-refractivity contribution < 1.29 is 14.4 Å². The Bertz CT molecular complexity index is 959. The standard InChI is InChI=1S/C24H27N3O3/c1-2-17(18-9-4-3-5-10-18)15-25-21(28)16-27-22(29)24(26-23(27)30)14-8-12-19-11-6-7-13-20(19)24/h3-7,9-11,13,17H,2,8,12,14-16H2,1H3,(H,25,28)(H,26,30). The molecule has 0 saturated carbocycles. The number of carbonyl (C=O) groups is 3. The van der Waals surface area contributed by atoms with Crippen LogP contribution in [0.5, 0.6) is 0 Å². The molecule has 1 fully saturated rings. The number of hydrogen-bond acceptors (Lipinski definition) is 3. The van der Waals surface area contributed by atoms with Gasteiger partial charge in [-0.2, -0.15) is 0 Å². The summed E-state index contributed by atoms with van der Waals surface area (Å²) in [4.78, 5) is 39.5. The molecule has 2 unspecified atom stereocenters. The lowest BCUT2D eigenvalue weighted by atomic mass is 9.76. The van der Waals surface area contributed by atoms with Crippen molar-refractivity contribution in [1.82, 2.24) is 15.5 Å². The molecule has 30 heavy (non-hydrogen) atoms. The van der Waals surface area contributed by atoms with Crippen LogP contribution in [0, 0.1) is 0 Å². The summed E-state index contributed by atoms with van der Waals surface area (Å²) in [5, 5.41) is 5.79. The molecular formula is C24H27N3O3. The Balaban J connectivity index is 1.44. The first-order valence-corrected chi connectivity index (χ1v) is 10.6. The normalized spacial score (nSPS) is 21.3. The first-order chi connectivity index (χ1) is 14.5. The summed E-state index contributed by atoms with van der Waals surface area (Å²) in [7, 11) is 0. The van der Waals surface area contributed by atoms with Gasteiger partial charge in [0.15, 0.2) is 0 Å². The van der Waals surface area contributed by atoms with Crippen molar-refractivity contribution in [2.75, 3.05) is 13.1 Å². The second-order valence-corrected chi connectivity index (χ2v) is 8.06. The van der Waals surface area contributed by atoms with Crippen molar-refractivity contribution in [2.45, 2.75) is 44.1 Å². The fraction of sp³-hybridized carbons (Fsp3) is 0.375. The first kappa shape index (κ1) is 20.1. The van der Waals surface area contributed by atoms with E-state index < -0.39 is 11.6 Å². The predicted molar refractivity (Wildman–Crippen MR) is 114 cm³/mol. The third kappa shape index (κ3) is 3.58. The van der Waals surface area contributed by atoms with Gasteiger partial charge in [0.25, 0.3) is 5.91 Å². The van der Waals surface area contributed by atoms with Gasteiger partial charge >= 0.3 is 6.03 Å². The number of fused-ring (bicyclic) bond motifs is 2. The van der Waals surface area contributed by atoms with Crippen molar-refractivity contribution >= 4 is 17.8 Å². The zero-order valence-corrected chi connectivity index (χ0v) is 17.2. The highest BCUT2D eigenvalue weighted by Crippen LogP contribution is 2.39. The number of nitrogens with one attached hydrogen (secondary N) is 2. The molecular weight excluding hydrogens is 378 g/mol. The van der Waals surface area contributed by atoms with Gasteiger partial charge in [0.05, 0.1) is 0 Å². The van der Waals surface area contributed by atoms with Gasteiger partial charge in [0.1, 0.15) is 12.1 Å². The molecule has 2 aliphatic rings. The molecule has 0 bridgehead atoms. The largest absolute Gasteiger partial charge is 0.354 e. The van der Waals surface area contributed by atoms with Crippen LogP contribution in [0.3, 0.4) is 0 Å². The van der Waals surface area contributed by atoms with Gasteiger partial charge in [0.2, 0.25) is 5.91 Å². The van der Waals surface area contributed by atoms with Gasteiger partial charge in [-0.3, -0.25) is 14.5 Å². The third-order valence-electron chi connectivity index (χ3n) is 6.26. The lowest BCUT2D eigenvalue weighted by molar-refractivity contribution is -0.135. The number of imide groups is 1. The molecule has 6 nitrogen and oxygen atoms in total. The molecule has 1 saturated heterocycles. The van der Waals surface area contributed by atoms with Gasteiger partial charge in [-0.25, -0.2) is 4.79 Å². The van der Waals surface area contributed by atoms with Gasteiger partial charge < -0.3 is 10.6 Å². The smallest absolute Gasteiger partial charge is 0.325 e. The summed E-state index contributed by atoms with van der Waals surface area (Å²) in [6.07, 6.45) is 3.14. The summed E-state index contributed by atoms with van der Waals surface area (Å²) >= 11 is 0. The van der Waals surface area contributed by atoms with Crippen LogP contribution < -0.4 is 10.6 Å². The van der Waals surface area contributed by atoms with E-state index in [9.17, 15) is 14.4 Å². The summed E-state index contributed by atoms with van der Waals surface area (Å²) in [6, 6.07) is 17.2. The SMILES string of the molecule is CCC(CNC(=O)CN1C(=O)NC2(CCCc3ccccc32)C1=O)c1ccccc1. The lowest BCUT2D eigenvalue weighted by Crippen LogP contribution is -2.47. The van der Waals surface area contributed by atoms with Crippen molar-refractivity contribution in [3.05, 3.63) is 71.3 Å². The van der Waals surface area contributed by atoms with E-state index in [2.05, 4.69) is 17.6 Å². The van der Waals surface area contributed by atoms with E-state index >= 15 is 0 Å². The second-order valence-electron chi connectivity index (χ2n) is 8.06. The van der Waals surface area contributed by atoms with Crippen LogP contribution >= 0.6 is 0 Å². The van der Waals surface area contributed by atoms with E-state index in [0.29, 0.717) is 13.0 Å². The minimum absolute atomic E-state index is 0.190. The molecule has 2 N–H and O–H groups in total. The lowest BCUT2D eigenvalue weighted by Gasteiger charge is -2.33. The molecule has 4 amide bonds. The molecule has 6 heteroatoms. The Labute approximate surface area is 176 Å². The minimum Gasteiger partial charge on any atom is -0.354 e. The fourth-order valence-electron chi connectivity index (χ4n) is 4.61. The summed E-state index contributed by atoms with van der Waals surface area (Å²) in [6.45, 7) is 2.28. The highest BCUT2D eigenvalue weighted by molar-refractivity contribution is 6.09. The topological polar surface area (TPSA) is 78.5 Å². The zero-order chi connectivity index (χ0) is 21.1. The van der Waals surface area contributed by atoms with Crippen molar-refractivity contribution in [3.8, 4) is 0 Å². The van der Waals surface area contributed by atoms with Crippen LogP contribution in [0.1, 0.15) is 48.8 Å². The number of urea groups is 1. The van der Waals surface area contributed by atoms with E-state index in [1.54, 1.807) is 0 Å². The van der Waals surface area contributed by atoms with Crippen LogP contribution in [0.15, 0.2) is 54.6 Å². The van der Waals surface area contributed by atoms with Gasteiger partial charge in [0, 0.05) is 12.5 Å². The van der Waals surface area contributed by atoms with Crippen LogP contribution in [0.25, 0.3) is 0 Å². The number of amides is 4. The molecule has 1 heterocycles. The highest BCUT2D eigenvalue weighted by atomic mass is 16.2. The molecule has 1 spiro atoms. The van der Waals surface area contributed by atoms with Crippen molar-refractivity contribution in [3.63, 3.8) is 0 Å². The molecule has 0 aromatic heterocycles. The Morgan fingerprint density at radius 2 is 1.87 bits per heavy atom. The summed E-state index contributed by atoms with van der Waals surface area (Å²) in [5.41, 5.74) is 2.06. The van der Waals surface area contributed by atoms with Crippen molar-refractivity contribution in [2.24, 2.45) is 0 Å². The molecule has 2 atom stereocenters. The number of carbonyl (C=O) groups excluding carboxylic acids is 3. The van der Waals surface area contributed by atoms with E-state index in [0.717, 1.165) is 40.9 Å². The third-order valence-corrected chi connectivity index (χ3v) is 6.26. The molecule has 1 aliphatic heterocycles. The Hall–Kier alpha value is -3.15. The Kier molecular flexibility index (Phi) is 5.57. The van der Waals surface area contributed by atoms with Crippen LogP contribution in [0.4, 0.5) is 4.79 Å². The zero-order valence-electron chi connectivity index (χ0n) is 17.2.